The molecule has 0 atom stereocenters. The maximum Gasteiger partial charge on any atom is 0.149 e. The molecule has 0 saturated heterocycles. The number of nitrogens with zero attached hydrogens (tertiary/aromatic N) is 3. The van der Waals surface area contributed by atoms with Crippen LogP contribution >= 0.6 is 0 Å². The van der Waals surface area contributed by atoms with E-state index in [9.17, 15) is 0 Å². The molecule has 0 radical (unpaired) electrons. The molecule has 0 aliphatic rings. The normalized spacial score (nSPS) is 10.5. The van der Waals surface area contributed by atoms with Crippen LogP contribution in [0.1, 0.15) is 11.3 Å². The number of pyridine rings is 1. The number of nitrogens with one attached hydrogen (secondary N) is 1. The van der Waals surface area contributed by atoms with Crippen LogP contribution in [-0.4, -0.2) is 21.3 Å². The van der Waals surface area contributed by atoms with E-state index in [1.165, 1.54) is 5.69 Å². The van der Waals surface area contributed by atoms with Crippen LogP contribution in [0.3, 0.4) is 0 Å². The molecule has 0 bridgehead atoms. The summed E-state index contributed by atoms with van der Waals surface area (Å²) in [7, 11) is 1.94. The minimum absolute atomic E-state index is 0.690. The first-order valence-corrected chi connectivity index (χ1v) is 5.59. The van der Waals surface area contributed by atoms with Gasteiger partial charge in [-0.05, 0) is 24.6 Å². The molecule has 0 spiro atoms. The van der Waals surface area contributed by atoms with Gasteiger partial charge in [-0.1, -0.05) is 0 Å². The Bertz CT molecular complexity index is 503. The van der Waals surface area contributed by atoms with Crippen molar-refractivity contribution in [3.05, 3.63) is 35.8 Å². The lowest BCUT2D eigenvalue weighted by Gasteiger charge is -2.08. The van der Waals surface area contributed by atoms with Crippen LogP contribution in [0.25, 0.3) is 0 Å². The second kappa shape index (κ2) is 4.86. The molecule has 90 valence electrons. The molecule has 2 rings (SSSR count). The SMILES string of the molecule is Cc1cnc(NCCc2ccnn2C)c(N)c1. The molecular weight excluding hydrogens is 214 g/mol. The minimum atomic E-state index is 0.690. The highest BCUT2D eigenvalue weighted by Crippen LogP contribution is 2.15. The molecule has 5 nitrogen and oxygen atoms in total. The van der Waals surface area contributed by atoms with Gasteiger partial charge in [-0.15, -0.1) is 0 Å². The fourth-order valence-corrected chi connectivity index (χ4v) is 1.70. The van der Waals surface area contributed by atoms with Crippen LogP contribution in [-0.2, 0) is 13.5 Å². The summed E-state index contributed by atoms with van der Waals surface area (Å²) in [4.78, 5) is 4.26. The first-order chi connectivity index (χ1) is 8.16. The van der Waals surface area contributed by atoms with E-state index in [2.05, 4.69) is 15.4 Å². The molecule has 0 fully saturated rings. The van der Waals surface area contributed by atoms with Gasteiger partial charge in [0.25, 0.3) is 0 Å². The largest absolute Gasteiger partial charge is 0.396 e. The average Bonchev–Trinajstić information content (AvgIpc) is 2.68. The van der Waals surface area contributed by atoms with E-state index < -0.39 is 0 Å². The van der Waals surface area contributed by atoms with Crippen molar-refractivity contribution in [2.75, 3.05) is 17.6 Å². The number of nitrogens with two attached hydrogens (primary N) is 1. The molecule has 3 N–H and O–H groups in total. The van der Waals surface area contributed by atoms with Gasteiger partial charge in [-0.25, -0.2) is 4.98 Å². The van der Waals surface area contributed by atoms with Gasteiger partial charge in [0.2, 0.25) is 0 Å². The third kappa shape index (κ3) is 2.75. The van der Waals surface area contributed by atoms with Crippen molar-refractivity contribution >= 4 is 11.5 Å². The molecule has 17 heavy (non-hydrogen) atoms. The van der Waals surface area contributed by atoms with Crippen LogP contribution in [0.15, 0.2) is 24.5 Å². The number of rotatable bonds is 4. The standard InChI is InChI=1S/C12H17N5/c1-9-7-11(13)12(15-8-9)14-5-3-10-4-6-16-17(10)2/h4,6-8H,3,5,13H2,1-2H3,(H,14,15). The van der Waals surface area contributed by atoms with Gasteiger partial charge in [-0.3, -0.25) is 4.68 Å². The highest BCUT2D eigenvalue weighted by Gasteiger charge is 2.02. The second-order valence-corrected chi connectivity index (χ2v) is 4.07. The van der Waals surface area contributed by atoms with Crippen molar-refractivity contribution < 1.29 is 0 Å². The molecule has 0 aliphatic heterocycles. The van der Waals surface area contributed by atoms with Crippen molar-refractivity contribution in [3.63, 3.8) is 0 Å². The number of aryl methyl sites for hydroxylation is 2. The lowest BCUT2D eigenvalue weighted by atomic mass is 10.2. The Kier molecular flexibility index (Phi) is 3.27. The van der Waals surface area contributed by atoms with Gasteiger partial charge >= 0.3 is 0 Å². The third-order valence-electron chi connectivity index (χ3n) is 2.65. The van der Waals surface area contributed by atoms with Gasteiger partial charge in [0.1, 0.15) is 5.82 Å². The van der Waals surface area contributed by atoms with E-state index in [4.69, 9.17) is 5.73 Å². The molecule has 0 amide bonds. The predicted molar refractivity (Wildman–Crippen MR) is 68.8 cm³/mol. The predicted octanol–water partition coefficient (Wildman–Crippen LogP) is 1.36. The van der Waals surface area contributed by atoms with E-state index in [1.807, 2.05) is 37.0 Å². The van der Waals surface area contributed by atoms with Crippen molar-refractivity contribution in [3.8, 4) is 0 Å². The number of hydrogen-bond acceptors (Lipinski definition) is 4. The van der Waals surface area contributed by atoms with Gasteiger partial charge in [0, 0.05) is 38.1 Å². The molecule has 2 aromatic rings. The fourth-order valence-electron chi connectivity index (χ4n) is 1.70. The van der Waals surface area contributed by atoms with E-state index >= 15 is 0 Å². The molecule has 5 heteroatoms. The summed E-state index contributed by atoms with van der Waals surface area (Å²) in [6.45, 7) is 2.77. The van der Waals surface area contributed by atoms with Gasteiger partial charge in [-0.2, -0.15) is 5.10 Å². The van der Waals surface area contributed by atoms with E-state index in [1.54, 1.807) is 6.20 Å². The summed E-state index contributed by atoms with van der Waals surface area (Å²) in [5.74, 6) is 0.748. The maximum absolute atomic E-state index is 5.87. The summed E-state index contributed by atoms with van der Waals surface area (Å²) in [6.07, 6.45) is 4.50. The van der Waals surface area contributed by atoms with E-state index in [0.29, 0.717) is 5.69 Å². The Balaban J connectivity index is 1.92. The molecule has 0 saturated carbocycles. The Morgan fingerprint density at radius 1 is 1.47 bits per heavy atom. The fraction of sp³-hybridized carbons (Fsp3) is 0.333. The highest BCUT2D eigenvalue weighted by atomic mass is 15.3. The van der Waals surface area contributed by atoms with Gasteiger partial charge in [0.05, 0.1) is 5.69 Å². The summed E-state index contributed by atoms with van der Waals surface area (Å²) in [5.41, 5.74) is 8.81. The number of hydrogen-bond donors (Lipinski definition) is 2. The van der Waals surface area contributed by atoms with E-state index in [-0.39, 0.29) is 0 Å². The van der Waals surface area contributed by atoms with Crippen molar-refractivity contribution in [1.82, 2.24) is 14.8 Å². The molecule has 0 aromatic carbocycles. The second-order valence-electron chi connectivity index (χ2n) is 4.07. The van der Waals surface area contributed by atoms with E-state index in [0.717, 1.165) is 24.3 Å². The van der Waals surface area contributed by atoms with Crippen LogP contribution in [0.5, 0.6) is 0 Å². The smallest absolute Gasteiger partial charge is 0.149 e. The zero-order valence-corrected chi connectivity index (χ0v) is 10.1. The number of aromatic nitrogens is 3. The zero-order chi connectivity index (χ0) is 12.3. The molecule has 2 aromatic heterocycles. The van der Waals surface area contributed by atoms with Crippen LogP contribution in [0, 0.1) is 6.92 Å². The summed E-state index contributed by atoms with van der Waals surface area (Å²) >= 11 is 0. The van der Waals surface area contributed by atoms with Crippen LogP contribution < -0.4 is 11.1 Å². The van der Waals surface area contributed by atoms with Gasteiger partial charge in [0.15, 0.2) is 0 Å². The van der Waals surface area contributed by atoms with Crippen LogP contribution in [0.4, 0.5) is 11.5 Å². The summed E-state index contributed by atoms with van der Waals surface area (Å²) in [5, 5.41) is 7.35. The Hall–Kier alpha value is -2.04. The Morgan fingerprint density at radius 3 is 2.94 bits per heavy atom. The maximum atomic E-state index is 5.87. The molecule has 2 heterocycles. The highest BCUT2D eigenvalue weighted by molar-refractivity contribution is 5.61. The van der Waals surface area contributed by atoms with Crippen LogP contribution in [0.2, 0.25) is 0 Å². The monoisotopic (exact) mass is 231 g/mol. The number of nitrogen functional groups attached to an aromatic ring is 1. The molecule has 0 aliphatic carbocycles. The topological polar surface area (TPSA) is 68.8 Å². The summed E-state index contributed by atoms with van der Waals surface area (Å²) < 4.78 is 1.87. The van der Waals surface area contributed by atoms with Crippen molar-refractivity contribution in [2.45, 2.75) is 13.3 Å². The lowest BCUT2D eigenvalue weighted by Crippen LogP contribution is -2.10. The third-order valence-corrected chi connectivity index (χ3v) is 2.65. The number of anilines is 2. The quantitative estimate of drug-likeness (QED) is 0.833. The molecular formula is C12H17N5. The van der Waals surface area contributed by atoms with Crippen molar-refractivity contribution in [2.24, 2.45) is 7.05 Å². The Morgan fingerprint density at radius 2 is 2.29 bits per heavy atom. The Labute approximate surface area is 101 Å². The molecule has 0 unspecified atom stereocenters. The summed E-state index contributed by atoms with van der Waals surface area (Å²) in [6, 6.07) is 3.92. The average molecular weight is 231 g/mol. The van der Waals surface area contributed by atoms with Gasteiger partial charge < -0.3 is 11.1 Å². The first-order valence-electron chi connectivity index (χ1n) is 5.59. The zero-order valence-electron chi connectivity index (χ0n) is 10.1. The lowest BCUT2D eigenvalue weighted by molar-refractivity contribution is 0.711. The van der Waals surface area contributed by atoms with Crippen molar-refractivity contribution in [1.29, 1.82) is 0 Å². The minimum Gasteiger partial charge on any atom is -0.396 e. The first kappa shape index (κ1) is 11.4.